The average Bonchev–Trinajstić information content (AvgIpc) is 3.25. The number of nitrogens with zero attached hydrogens (tertiary/aromatic N) is 3. The number of aryl methyl sites for hydroxylation is 1. The molecule has 0 saturated carbocycles. The first kappa shape index (κ1) is 16.5. The van der Waals surface area contributed by atoms with Crippen LogP contribution >= 0.6 is 0 Å². The fourth-order valence-electron chi connectivity index (χ4n) is 2.23. The summed E-state index contributed by atoms with van der Waals surface area (Å²) in [5.74, 6) is 0.649. The van der Waals surface area contributed by atoms with Crippen molar-refractivity contribution in [2.75, 3.05) is 18.5 Å². The number of carbonyl (C=O) groups excluding carboxylic acids is 1. The number of anilines is 1. The van der Waals surface area contributed by atoms with Gasteiger partial charge < -0.3 is 19.7 Å². The van der Waals surface area contributed by atoms with E-state index >= 15 is 0 Å². The Morgan fingerprint density at radius 3 is 2.88 bits per heavy atom. The molecule has 0 fully saturated rings. The van der Waals surface area contributed by atoms with Gasteiger partial charge in [0.05, 0.1) is 11.9 Å². The molecule has 3 N–H and O–H groups in total. The third-order valence-electron chi connectivity index (χ3n) is 3.31. The number of carbonyl (C=O) groups is 1. The van der Waals surface area contributed by atoms with Crippen LogP contribution in [0, 0.1) is 0 Å². The van der Waals surface area contributed by atoms with E-state index in [9.17, 15) is 4.79 Å². The van der Waals surface area contributed by atoms with Crippen LogP contribution in [0.5, 0.6) is 11.7 Å². The molecule has 2 aromatic heterocycles. The van der Waals surface area contributed by atoms with E-state index in [1.165, 1.54) is 12.3 Å². The van der Waals surface area contributed by atoms with Crippen molar-refractivity contribution in [1.29, 1.82) is 0 Å². The predicted molar refractivity (Wildman–Crippen MR) is 89.3 cm³/mol. The molecule has 2 heterocycles. The Bertz CT molecular complexity index is 844. The van der Waals surface area contributed by atoms with Gasteiger partial charge in [0.15, 0.2) is 0 Å². The third-order valence-corrected chi connectivity index (χ3v) is 3.31. The smallest absolute Gasteiger partial charge is 0.419 e. The van der Waals surface area contributed by atoms with Crippen molar-refractivity contribution < 1.29 is 18.8 Å². The lowest BCUT2D eigenvalue weighted by molar-refractivity contribution is 0.194. The Morgan fingerprint density at radius 2 is 2.20 bits per heavy atom. The quantitative estimate of drug-likeness (QED) is 0.703. The second-order valence-electron chi connectivity index (χ2n) is 5.03. The van der Waals surface area contributed by atoms with Crippen LogP contribution in [0.25, 0.3) is 11.3 Å². The minimum atomic E-state index is -0.691. The summed E-state index contributed by atoms with van der Waals surface area (Å²) in [5.41, 5.74) is 7.64. The number of rotatable bonds is 6. The van der Waals surface area contributed by atoms with Gasteiger partial charge in [-0.15, -0.1) is 0 Å². The highest BCUT2D eigenvalue weighted by Crippen LogP contribution is 2.32. The van der Waals surface area contributed by atoms with Crippen LogP contribution < -0.4 is 20.5 Å². The number of hydrogen-bond donors (Lipinski definition) is 2. The molecule has 0 radical (unpaired) electrons. The molecular formula is C16H17N5O4. The topological polar surface area (TPSA) is 117 Å². The number of benzene rings is 1. The van der Waals surface area contributed by atoms with E-state index in [0.29, 0.717) is 24.6 Å². The van der Waals surface area contributed by atoms with Crippen LogP contribution in [0.1, 0.15) is 0 Å². The minimum Gasteiger partial charge on any atom is -0.492 e. The largest absolute Gasteiger partial charge is 0.492 e. The molecule has 0 aliphatic rings. The zero-order valence-electron chi connectivity index (χ0n) is 13.5. The summed E-state index contributed by atoms with van der Waals surface area (Å²) >= 11 is 0. The van der Waals surface area contributed by atoms with E-state index in [4.69, 9.17) is 19.7 Å². The maximum Gasteiger partial charge on any atom is 0.419 e. The van der Waals surface area contributed by atoms with Crippen molar-refractivity contribution >= 4 is 11.8 Å². The standard InChI is InChI=1S/C16H17N5O4/c1-21-13(4-7-18-21)12-10-11(2-3-14(12)23-9-6-17)20-16(22)24-15-5-8-19-25-15/h2-5,7-8,10H,6,9,17H2,1H3,(H,20,22). The van der Waals surface area contributed by atoms with Crippen LogP contribution in [0.15, 0.2) is 47.2 Å². The van der Waals surface area contributed by atoms with Crippen LogP contribution in [0.2, 0.25) is 0 Å². The molecule has 9 heteroatoms. The summed E-state index contributed by atoms with van der Waals surface area (Å²) in [6.07, 6.45) is 2.37. The Hall–Kier alpha value is -3.33. The molecule has 9 nitrogen and oxygen atoms in total. The summed E-state index contributed by atoms with van der Waals surface area (Å²) in [5, 5.41) is 10.2. The maximum absolute atomic E-state index is 11.9. The molecule has 0 aliphatic carbocycles. The van der Waals surface area contributed by atoms with Crippen molar-refractivity contribution in [3.05, 3.63) is 42.7 Å². The van der Waals surface area contributed by atoms with Crippen molar-refractivity contribution in [2.24, 2.45) is 12.8 Å². The van der Waals surface area contributed by atoms with Crippen molar-refractivity contribution in [3.63, 3.8) is 0 Å². The lowest BCUT2D eigenvalue weighted by atomic mass is 10.1. The van der Waals surface area contributed by atoms with Crippen LogP contribution in [0.3, 0.4) is 0 Å². The Labute approximate surface area is 143 Å². The Kier molecular flexibility index (Phi) is 4.95. The highest BCUT2D eigenvalue weighted by Gasteiger charge is 2.14. The number of nitrogens with two attached hydrogens (primary N) is 1. The van der Waals surface area contributed by atoms with Gasteiger partial charge >= 0.3 is 12.0 Å². The van der Waals surface area contributed by atoms with Crippen LogP contribution in [-0.4, -0.2) is 34.2 Å². The third kappa shape index (κ3) is 3.96. The molecule has 0 atom stereocenters. The van der Waals surface area contributed by atoms with Crippen molar-refractivity contribution in [3.8, 4) is 23.0 Å². The van der Waals surface area contributed by atoms with Gasteiger partial charge in [-0.25, -0.2) is 4.79 Å². The van der Waals surface area contributed by atoms with E-state index in [2.05, 4.69) is 15.6 Å². The fraction of sp³-hybridized carbons (Fsp3) is 0.188. The normalized spacial score (nSPS) is 10.5. The van der Waals surface area contributed by atoms with E-state index in [0.717, 1.165) is 11.3 Å². The molecule has 0 aliphatic heterocycles. The van der Waals surface area contributed by atoms with Crippen LogP contribution in [0.4, 0.5) is 10.5 Å². The molecule has 25 heavy (non-hydrogen) atoms. The first-order chi connectivity index (χ1) is 12.2. The molecule has 1 amide bonds. The second-order valence-corrected chi connectivity index (χ2v) is 5.03. The zero-order chi connectivity index (χ0) is 17.6. The number of nitrogens with one attached hydrogen (secondary N) is 1. The summed E-state index contributed by atoms with van der Waals surface area (Å²) in [4.78, 5) is 11.9. The summed E-state index contributed by atoms with van der Waals surface area (Å²) in [6.45, 7) is 0.777. The SMILES string of the molecule is Cn1nccc1-c1cc(NC(=O)Oc2ccno2)ccc1OCCN. The lowest BCUT2D eigenvalue weighted by Crippen LogP contribution is -2.16. The monoisotopic (exact) mass is 343 g/mol. The van der Waals surface area contributed by atoms with Gasteiger partial charge in [-0.2, -0.15) is 5.10 Å². The predicted octanol–water partition coefficient (Wildman–Crippen LogP) is 2.02. The molecule has 1 aromatic carbocycles. The maximum atomic E-state index is 11.9. The summed E-state index contributed by atoms with van der Waals surface area (Å²) < 4.78 is 17.1. The molecule has 0 spiro atoms. The molecule has 3 rings (SSSR count). The van der Waals surface area contributed by atoms with Gasteiger partial charge in [-0.05, 0) is 24.3 Å². The molecule has 0 bridgehead atoms. The van der Waals surface area contributed by atoms with Gasteiger partial charge in [0.1, 0.15) is 12.4 Å². The number of ether oxygens (including phenoxy) is 2. The first-order valence-electron chi connectivity index (χ1n) is 7.52. The van der Waals surface area contributed by atoms with E-state index < -0.39 is 6.09 Å². The van der Waals surface area contributed by atoms with E-state index in [1.807, 2.05) is 13.1 Å². The van der Waals surface area contributed by atoms with Crippen molar-refractivity contribution in [1.82, 2.24) is 14.9 Å². The minimum absolute atomic E-state index is 0.00672. The molecule has 0 saturated heterocycles. The summed E-state index contributed by atoms with van der Waals surface area (Å²) in [6, 6.07) is 8.51. The van der Waals surface area contributed by atoms with Gasteiger partial charge in [0.25, 0.3) is 0 Å². The summed E-state index contributed by atoms with van der Waals surface area (Å²) in [7, 11) is 1.82. The highest BCUT2D eigenvalue weighted by atomic mass is 16.7. The molecular weight excluding hydrogens is 326 g/mol. The second kappa shape index (κ2) is 7.49. The van der Waals surface area contributed by atoms with E-state index in [1.54, 1.807) is 29.1 Å². The average molecular weight is 343 g/mol. The number of amides is 1. The van der Waals surface area contributed by atoms with E-state index in [-0.39, 0.29) is 5.95 Å². The van der Waals surface area contributed by atoms with Crippen molar-refractivity contribution in [2.45, 2.75) is 0 Å². The van der Waals surface area contributed by atoms with Gasteiger partial charge in [0, 0.05) is 37.1 Å². The van der Waals surface area contributed by atoms with Gasteiger partial charge in [0.2, 0.25) is 0 Å². The molecule has 130 valence electrons. The van der Waals surface area contributed by atoms with Crippen LogP contribution in [-0.2, 0) is 7.05 Å². The molecule has 0 unspecified atom stereocenters. The Balaban J connectivity index is 1.83. The fourth-order valence-corrected chi connectivity index (χ4v) is 2.23. The van der Waals surface area contributed by atoms with Gasteiger partial charge in [-0.3, -0.25) is 10.00 Å². The number of hydrogen-bond acceptors (Lipinski definition) is 7. The van der Waals surface area contributed by atoms with Gasteiger partial charge in [-0.1, -0.05) is 5.16 Å². The molecule has 3 aromatic rings. The first-order valence-corrected chi connectivity index (χ1v) is 7.52. The zero-order valence-corrected chi connectivity index (χ0v) is 13.5. The highest BCUT2D eigenvalue weighted by molar-refractivity contribution is 5.87. The Morgan fingerprint density at radius 1 is 1.32 bits per heavy atom. The number of aromatic nitrogens is 3. The lowest BCUT2D eigenvalue weighted by Gasteiger charge is -2.13.